The molecule has 0 saturated heterocycles. The van der Waals surface area contributed by atoms with Crippen LogP contribution in [-0.2, 0) is 23.8 Å². The number of rotatable bonds is 7. The molecule has 0 amide bonds. The minimum absolute atomic E-state index is 0.0843. The first kappa shape index (κ1) is 23.6. The van der Waals surface area contributed by atoms with Crippen LogP contribution in [0.4, 0.5) is 17.6 Å². The van der Waals surface area contributed by atoms with Gasteiger partial charge in [-0.25, -0.2) is 4.39 Å². The molecule has 0 saturated carbocycles. The molecule has 0 aromatic heterocycles. The largest absolute Gasteiger partial charge is 0.416 e. The van der Waals surface area contributed by atoms with E-state index in [0.29, 0.717) is 5.56 Å². The quantitative estimate of drug-likeness (QED) is 0.495. The predicted octanol–water partition coefficient (Wildman–Crippen LogP) is 6.40. The number of benzene rings is 2. The maximum absolute atomic E-state index is 14.1. The van der Waals surface area contributed by atoms with Crippen molar-refractivity contribution in [1.29, 1.82) is 0 Å². The number of hydrogen-bond acceptors (Lipinski definition) is 2. The number of aliphatic hydroxyl groups is 1. The third kappa shape index (κ3) is 6.98. The predicted molar refractivity (Wildman–Crippen MR) is 105 cm³/mol. The van der Waals surface area contributed by atoms with Crippen LogP contribution in [0.25, 0.3) is 0 Å². The molecular weight excluding hydrogens is 431 g/mol. The molecule has 2 nitrogen and oxygen atoms in total. The van der Waals surface area contributed by atoms with Gasteiger partial charge in [0, 0.05) is 29.3 Å². The second kappa shape index (κ2) is 9.02. The van der Waals surface area contributed by atoms with Crippen molar-refractivity contribution in [3.8, 4) is 0 Å². The van der Waals surface area contributed by atoms with Crippen molar-refractivity contribution < 1.29 is 27.5 Å². The van der Waals surface area contributed by atoms with Crippen molar-refractivity contribution in [3.05, 3.63) is 68.4 Å². The van der Waals surface area contributed by atoms with E-state index in [1.54, 1.807) is 13.8 Å². The molecule has 1 N–H and O–H groups in total. The van der Waals surface area contributed by atoms with Crippen LogP contribution in [0.2, 0.25) is 10.0 Å². The zero-order valence-corrected chi connectivity index (χ0v) is 17.4. The molecule has 2 aromatic carbocycles. The molecule has 0 aliphatic heterocycles. The summed E-state index contributed by atoms with van der Waals surface area (Å²) in [6.07, 6.45) is -4.28. The number of carbonyl (C=O) groups excluding carboxylic acids is 1. The Hall–Kier alpha value is -1.63. The van der Waals surface area contributed by atoms with Gasteiger partial charge in [-0.3, -0.25) is 4.79 Å². The SMILES string of the molecule is CC(C)(O)CCC(=O)Cc1cc(Cc2c(Cl)cc(C(F)(F)F)cc2Cl)ccc1F. The van der Waals surface area contributed by atoms with E-state index in [0.717, 1.165) is 12.1 Å². The van der Waals surface area contributed by atoms with Crippen LogP contribution in [0.5, 0.6) is 0 Å². The first-order valence-corrected chi connectivity index (χ1v) is 9.58. The van der Waals surface area contributed by atoms with Crippen LogP contribution < -0.4 is 0 Å². The zero-order valence-electron chi connectivity index (χ0n) is 15.8. The van der Waals surface area contributed by atoms with E-state index in [-0.39, 0.29) is 52.6 Å². The van der Waals surface area contributed by atoms with E-state index in [2.05, 4.69) is 0 Å². The Morgan fingerprint density at radius 2 is 1.66 bits per heavy atom. The Kier molecular flexibility index (Phi) is 7.36. The fourth-order valence-corrected chi connectivity index (χ4v) is 3.38. The molecule has 29 heavy (non-hydrogen) atoms. The lowest BCUT2D eigenvalue weighted by Gasteiger charge is -2.16. The fraction of sp³-hybridized carbons (Fsp3) is 0.381. The van der Waals surface area contributed by atoms with Crippen LogP contribution in [0, 0.1) is 5.82 Å². The normalized spacial score (nSPS) is 12.3. The summed E-state index contributed by atoms with van der Waals surface area (Å²) in [6, 6.07) is 5.73. The summed E-state index contributed by atoms with van der Waals surface area (Å²) in [7, 11) is 0. The number of hydrogen-bond donors (Lipinski definition) is 1. The Bertz CT molecular complexity index is 880. The van der Waals surface area contributed by atoms with Crippen LogP contribution in [0.15, 0.2) is 30.3 Å². The standard InChI is InChI=1S/C21H20Cl2F4O2/c1-20(2,29)6-5-15(28)9-13-7-12(3-4-19(13)24)8-16-17(22)10-14(11-18(16)23)21(25,26)27/h3-4,7,10-11,29H,5-6,8-9H2,1-2H3. The highest BCUT2D eigenvalue weighted by Crippen LogP contribution is 2.36. The minimum atomic E-state index is -4.57. The van der Waals surface area contributed by atoms with Gasteiger partial charge in [0.05, 0.1) is 11.2 Å². The van der Waals surface area contributed by atoms with Crippen molar-refractivity contribution in [2.24, 2.45) is 0 Å². The van der Waals surface area contributed by atoms with Gasteiger partial charge in [-0.1, -0.05) is 35.3 Å². The first-order chi connectivity index (χ1) is 13.3. The van der Waals surface area contributed by atoms with Gasteiger partial charge in [-0.15, -0.1) is 0 Å². The van der Waals surface area contributed by atoms with E-state index < -0.39 is 23.2 Å². The smallest absolute Gasteiger partial charge is 0.390 e. The summed E-state index contributed by atoms with van der Waals surface area (Å²) < 4.78 is 52.7. The molecule has 0 aliphatic carbocycles. The third-order valence-corrected chi connectivity index (χ3v) is 5.04. The number of carbonyl (C=O) groups is 1. The van der Waals surface area contributed by atoms with Gasteiger partial charge < -0.3 is 5.11 Å². The molecule has 2 aromatic rings. The monoisotopic (exact) mass is 450 g/mol. The minimum Gasteiger partial charge on any atom is -0.390 e. The highest BCUT2D eigenvalue weighted by molar-refractivity contribution is 6.36. The third-order valence-electron chi connectivity index (χ3n) is 4.36. The topological polar surface area (TPSA) is 37.3 Å². The maximum Gasteiger partial charge on any atom is 0.416 e. The van der Waals surface area contributed by atoms with Gasteiger partial charge in [0.2, 0.25) is 0 Å². The molecule has 0 radical (unpaired) electrons. The number of alkyl halides is 3. The van der Waals surface area contributed by atoms with E-state index in [4.69, 9.17) is 23.2 Å². The lowest BCUT2D eigenvalue weighted by molar-refractivity contribution is -0.137. The lowest BCUT2D eigenvalue weighted by Crippen LogP contribution is -2.20. The van der Waals surface area contributed by atoms with Crippen LogP contribution >= 0.6 is 23.2 Å². The van der Waals surface area contributed by atoms with Crippen molar-refractivity contribution in [3.63, 3.8) is 0 Å². The van der Waals surface area contributed by atoms with E-state index in [9.17, 15) is 27.5 Å². The van der Waals surface area contributed by atoms with Crippen molar-refractivity contribution >= 4 is 29.0 Å². The lowest BCUT2D eigenvalue weighted by atomic mass is 9.96. The van der Waals surface area contributed by atoms with E-state index in [1.165, 1.54) is 18.2 Å². The Morgan fingerprint density at radius 1 is 1.07 bits per heavy atom. The number of halogens is 6. The Labute approximate surface area is 176 Å². The number of Topliss-reactive ketones (excluding diaryl/α,β-unsaturated/α-hetero) is 1. The van der Waals surface area contributed by atoms with Gasteiger partial charge in [0.25, 0.3) is 0 Å². The second-order valence-corrected chi connectivity index (χ2v) is 8.36. The molecule has 158 valence electrons. The summed E-state index contributed by atoms with van der Waals surface area (Å²) in [5, 5.41) is 9.41. The Balaban J connectivity index is 2.21. The molecule has 0 aliphatic rings. The molecule has 8 heteroatoms. The Morgan fingerprint density at radius 3 is 2.17 bits per heavy atom. The summed E-state index contributed by atoms with van der Waals surface area (Å²) in [4.78, 5) is 12.1. The van der Waals surface area contributed by atoms with Gasteiger partial charge in [0.15, 0.2) is 0 Å². The average Bonchev–Trinajstić information content (AvgIpc) is 2.57. The summed E-state index contributed by atoms with van der Waals surface area (Å²) in [5.41, 5.74) is -0.935. The summed E-state index contributed by atoms with van der Waals surface area (Å²) in [6.45, 7) is 3.16. The molecule has 0 atom stereocenters. The first-order valence-electron chi connectivity index (χ1n) is 8.83. The maximum atomic E-state index is 14.1. The highest BCUT2D eigenvalue weighted by Gasteiger charge is 2.32. The molecule has 2 rings (SSSR count). The second-order valence-electron chi connectivity index (χ2n) is 7.55. The molecule has 0 bridgehead atoms. The molecule has 0 unspecified atom stereocenters. The van der Waals surface area contributed by atoms with Gasteiger partial charge >= 0.3 is 6.18 Å². The van der Waals surface area contributed by atoms with Crippen LogP contribution in [0.3, 0.4) is 0 Å². The molecule has 0 heterocycles. The van der Waals surface area contributed by atoms with Crippen molar-refractivity contribution in [1.82, 2.24) is 0 Å². The van der Waals surface area contributed by atoms with Gasteiger partial charge in [-0.2, -0.15) is 13.2 Å². The van der Waals surface area contributed by atoms with Crippen LogP contribution in [-0.4, -0.2) is 16.5 Å². The zero-order chi connectivity index (χ0) is 22.0. The van der Waals surface area contributed by atoms with Crippen molar-refractivity contribution in [2.45, 2.75) is 51.3 Å². The van der Waals surface area contributed by atoms with Crippen LogP contribution in [0.1, 0.15) is 48.9 Å². The highest BCUT2D eigenvalue weighted by atomic mass is 35.5. The van der Waals surface area contributed by atoms with E-state index >= 15 is 0 Å². The van der Waals surface area contributed by atoms with E-state index in [1.807, 2.05) is 0 Å². The average molecular weight is 451 g/mol. The molecule has 0 fully saturated rings. The van der Waals surface area contributed by atoms with Crippen molar-refractivity contribution in [2.75, 3.05) is 0 Å². The molecular formula is C21H20Cl2F4O2. The molecule has 0 spiro atoms. The number of ketones is 1. The fourth-order valence-electron chi connectivity index (χ4n) is 2.76. The van der Waals surface area contributed by atoms with Gasteiger partial charge in [0.1, 0.15) is 11.6 Å². The summed E-state index contributed by atoms with van der Waals surface area (Å²) >= 11 is 12.0. The van der Waals surface area contributed by atoms with Gasteiger partial charge in [-0.05, 0) is 55.2 Å². The summed E-state index contributed by atoms with van der Waals surface area (Å²) in [5.74, 6) is -0.788.